The van der Waals surface area contributed by atoms with Crippen molar-refractivity contribution in [1.29, 1.82) is 0 Å². The fraction of sp³-hybridized carbons (Fsp3) is 0.118. The van der Waals surface area contributed by atoms with E-state index in [9.17, 15) is 18.8 Å². The summed E-state index contributed by atoms with van der Waals surface area (Å²) >= 11 is 0. The number of nitrogens with zero attached hydrogens (tertiary/aromatic N) is 2. The molecule has 24 heavy (non-hydrogen) atoms. The van der Waals surface area contributed by atoms with Crippen molar-refractivity contribution in [2.45, 2.75) is 13.5 Å². The number of anilines is 1. The van der Waals surface area contributed by atoms with Crippen molar-refractivity contribution in [1.82, 2.24) is 9.88 Å². The van der Waals surface area contributed by atoms with Gasteiger partial charge in [-0.3, -0.25) is 14.9 Å². The van der Waals surface area contributed by atoms with Gasteiger partial charge in [0.1, 0.15) is 11.4 Å². The molecule has 1 saturated heterocycles. The molecular weight excluding hydrogens is 313 g/mol. The summed E-state index contributed by atoms with van der Waals surface area (Å²) < 4.78 is 15.8. The molecule has 0 aliphatic carbocycles. The fourth-order valence-electron chi connectivity index (χ4n) is 2.50. The number of halogens is 1. The normalized spacial score (nSPS) is 16.7. The molecule has 0 bridgehead atoms. The Labute approximate surface area is 137 Å². The number of rotatable bonds is 3. The van der Waals surface area contributed by atoms with Crippen LogP contribution in [0.3, 0.4) is 0 Å². The van der Waals surface area contributed by atoms with Crippen molar-refractivity contribution < 1.29 is 18.8 Å². The van der Waals surface area contributed by atoms with E-state index in [0.29, 0.717) is 17.1 Å². The molecule has 1 aromatic heterocycles. The van der Waals surface area contributed by atoms with Crippen molar-refractivity contribution in [3.05, 3.63) is 59.7 Å². The molecular formula is C17H14FN3O3. The van der Waals surface area contributed by atoms with Gasteiger partial charge in [0, 0.05) is 18.4 Å². The number of imide groups is 2. The number of amides is 4. The van der Waals surface area contributed by atoms with Crippen LogP contribution in [0.1, 0.15) is 12.6 Å². The third-order valence-corrected chi connectivity index (χ3v) is 3.69. The van der Waals surface area contributed by atoms with E-state index in [1.54, 1.807) is 18.3 Å². The Kier molecular flexibility index (Phi) is 3.99. The number of aryl methyl sites for hydroxylation is 1. The van der Waals surface area contributed by atoms with Crippen LogP contribution < -0.4 is 10.2 Å². The quantitative estimate of drug-likeness (QED) is 0.695. The van der Waals surface area contributed by atoms with Gasteiger partial charge in [0.05, 0.1) is 5.69 Å². The second-order valence-corrected chi connectivity index (χ2v) is 5.13. The number of hydrogen-bond donors (Lipinski definition) is 1. The van der Waals surface area contributed by atoms with Gasteiger partial charge in [-0.25, -0.2) is 14.1 Å². The Morgan fingerprint density at radius 3 is 2.58 bits per heavy atom. The van der Waals surface area contributed by atoms with Gasteiger partial charge in [-0.1, -0.05) is 12.1 Å². The van der Waals surface area contributed by atoms with Gasteiger partial charge < -0.3 is 4.57 Å². The minimum absolute atomic E-state index is 0.204. The Hall–Kier alpha value is -3.22. The van der Waals surface area contributed by atoms with Crippen molar-refractivity contribution in [2.75, 3.05) is 4.90 Å². The third-order valence-electron chi connectivity index (χ3n) is 3.69. The molecule has 0 unspecified atom stereocenters. The van der Waals surface area contributed by atoms with Crippen molar-refractivity contribution in [3.63, 3.8) is 0 Å². The van der Waals surface area contributed by atoms with Gasteiger partial charge in [0.2, 0.25) is 0 Å². The number of barbiturate groups is 1. The summed E-state index contributed by atoms with van der Waals surface area (Å²) in [5.41, 5.74) is 0.203. The molecule has 6 nitrogen and oxygen atoms in total. The highest BCUT2D eigenvalue weighted by molar-refractivity contribution is 6.39. The molecule has 0 saturated carbocycles. The molecule has 1 N–H and O–H groups in total. The first-order chi connectivity index (χ1) is 11.5. The molecule has 122 valence electrons. The highest BCUT2D eigenvalue weighted by Crippen LogP contribution is 2.24. The van der Waals surface area contributed by atoms with E-state index in [4.69, 9.17) is 0 Å². The zero-order chi connectivity index (χ0) is 17.3. The second kappa shape index (κ2) is 6.11. The number of benzene rings is 1. The maximum Gasteiger partial charge on any atom is 0.336 e. The highest BCUT2D eigenvalue weighted by Gasteiger charge is 2.38. The molecule has 3 rings (SSSR count). The van der Waals surface area contributed by atoms with Crippen LogP contribution in [0.2, 0.25) is 0 Å². The number of carbonyl (C=O) groups is 3. The molecule has 1 aliphatic rings. The average molecular weight is 327 g/mol. The lowest BCUT2D eigenvalue weighted by Gasteiger charge is -2.26. The Balaban J connectivity index is 2.06. The molecule has 2 aromatic rings. The van der Waals surface area contributed by atoms with Gasteiger partial charge in [-0.05, 0) is 37.3 Å². The second-order valence-electron chi connectivity index (χ2n) is 5.13. The standard InChI is InChI=1S/C17H14FN3O3/c1-2-20-9-5-6-11(20)10-12-15(22)19-17(24)21(16(12)23)14-8-4-3-7-13(14)18/h3-10H,2H2,1H3,(H,19,22,24)/b12-10+. The molecule has 2 heterocycles. The first kappa shape index (κ1) is 15.7. The Morgan fingerprint density at radius 1 is 1.12 bits per heavy atom. The maximum absolute atomic E-state index is 14.0. The van der Waals surface area contributed by atoms with Crippen LogP contribution in [0.15, 0.2) is 48.2 Å². The highest BCUT2D eigenvalue weighted by atomic mass is 19.1. The number of hydrogen-bond acceptors (Lipinski definition) is 3. The molecule has 4 amide bonds. The zero-order valence-electron chi connectivity index (χ0n) is 12.8. The third kappa shape index (κ3) is 2.60. The van der Waals surface area contributed by atoms with Gasteiger partial charge in [-0.15, -0.1) is 0 Å². The van der Waals surface area contributed by atoms with Crippen molar-refractivity contribution >= 4 is 29.6 Å². The van der Waals surface area contributed by atoms with E-state index in [-0.39, 0.29) is 11.3 Å². The number of nitrogens with one attached hydrogen (secondary N) is 1. The van der Waals surface area contributed by atoms with Gasteiger partial charge in [0.25, 0.3) is 11.8 Å². The van der Waals surface area contributed by atoms with Gasteiger partial charge in [-0.2, -0.15) is 0 Å². The summed E-state index contributed by atoms with van der Waals surface area (Å²) in [5.74, 6) is -2.40. The largest absolute Gasteiger partial charge is 0.348 e. The van der Waals surface area contributed by atoms with Crippen LogP contribution in [0, 0.1) is 5.82 Å². The summed E-state index contributed by atoms with van der Waals surface area (Å²) in [5, 5.41) is 2.07. The molecule has 0 radical (unpaired) electrons. The average Bonchev–Trinajstić information content (AvgIpc) is 3.00. The van der Waals surface area contributed by atoms with E-state index >= 15 is 0 Å². The number of urea groups is 1. The SMILES string of the molecule is CCn1cccc1/C=C1\C(=O)NC(=O)N(c2ccccc2F)C1=O. The molecule has 0 spiro atoms. The van der Waals surface area contributed by atoms with E-state index in [0.717, 1.165) is 6.07 Å². The molecule has 1 aliphatic heterocycles. The van der Waals surface area contributed by atoms with E-state index in [2.05, 4.69) is 5.32 Å². The molecule has 7 heteroatoms. The molecule has 0 atom stereocenters. The van der Waals surface area contributed by atoms with Crippen LogP contribution >= 0.6 is 0 Å². The first-order valence-corrected chi connectivity index (χ1v) is 7.34. The monoisotopic (exact) mass is 327 g/mol. The van der Waals surface area contributed by atoms with Crippen LogP contribution in [-0.2, 0) is 16.1 Å². The topological polar surface area (TPSA) is 71.4 Å². The number of para-hydroxylation sites is 1. The summed E-state index contributed by atoms with van der Waals surface area (Å²) in [6, 6.07) is 7.93. The maximum atomic E-state index is 14.0. The lowest BCUT2D eigenvalue weighted by Crippen LogP contribution is -2.54. The summed E-state index contributed by atoms with van der Waals surface area (Å²) in [6.07, 6.45) is 3.19. The summed E-state index contributed by atoms with van der Waals surface area (Å²) in [4.78, 5) is 37.3. The van der Waals surface area contributed by atoms with Crippen LogP contribution in [0.25, 0.3) is 6.08 Å². The summed E-state index contributed by atoms with van der Waals surface area (Å²) in [6.45, 7) is 2.57. The van der Waals surface area contributed by atoms with Gasteiger partial charge >= 0.3 is 6.03 Å². The Morgan fingerprint density at radius 2 is 1.88 bits per heavy atom. The molecule has 1 aromatic carbocycles. The van der Waals surface area contributed by atoms with E-state index in [1.807, 2.05) is 11.5 Å². The van der Waals surface area contributed by atoms with Gasteiger partial charge in [0.15, 0.2) is 0 Å². The minimum Gasteiger partial charge on any atom is -0.348 e. The number of carbonyl (C=O) groups excluding carboxylic acids is 3. The van der Waals surface area contributed by atoms with Crippen molar-refractivity contribution in [3.8, 4) is 0 Å². The van der Waals surface area contributed by atoms with Crippen LogP contribution in [0.4, 0.5) is 14.9 Å². The first-order valence-electron chi connectivity index (χ1n) is 7.34. The predicted molar refractivity (Wildman–Crippen MR) is 85.5 cm³/mol. The fourth-order valence-corrected chi connectivity index (χ4v) is 2.50. The zero-order valence-corrected chi connectivity index (χ0v) is 12.8. The minimum atomic E-state index is -0.974. The van der Waals surface area contributed by atoms with Crippen molar-refractivity contribution in [2.24, 2.45) is 0 Å². The lowest BCUT2D eigenvalue weighted by atomic mass is 10.1. The Bertz CT molecular complexity index is 869. The molecule has 1 fully saturated rings. The number of aromatic nitrogens is 1. The van der Waals surface area contributed by atoms with Crippen LogP contribution in [-0.4, -0.2) is 22.4 Å². The smallest absolute Gasteiger partial charge is 0.336 e. The predicted octanol–water partition coefficient (Wildman–Crippen LogP) is 2.31. The van der Waals surface area contributed by atoms with E-state index in [1.165, 1.54) is 24.3 Å². The van der Waals surface area contributed by atoms with E-state index < -0.39 is 23.7 Å². The summed E-state index contributed by atoms with van der Waals surface area (Å²) in [7, 11) is 0. The van der Waals surface area contributed by atoms with Crippen LogP contribution in [0.5, 0.6) is 0 Å². The lowest BCUT2D eigenvalue weighted by molar-refractivity contribution is -0.122.